The van der Waals surface area contributed by atoms with E-state index in [2.05, 4.69) is 40.9 Å². The van der Waals surface area contributed by atoms with Crippen molar-refractivity contribution in [2.24, 2.45) is 0 Å². The predicted octanol–water partition coefficient (Wildman–Crippen LogP) is 8.76. The van der Waals surface area contributed by atoms with Crippen molar-refractivity contribution >= 4 is 76.3 Å². The summed E-state index contributed by atoms with van der Waals surface area (Å²) in [6.07, 6.45) is 3.15. The highest BCUT2D eigenvalue weighted by molar-refractivity contribution is 7.98. The van der Waals surface area contributed by atoms with E-state index in [1.807, 2.05) is 62.6 Å². The smallest absolute Gasteiger partial charge is 0.257 e. The van der Waals surface area contributed by atoms with Gasteiger partial charge in [0.15, 0.2) is 0 Å². The minimum atomic E-state index is -0.353. The number of amides is 2. The monoisotopic (exact) mass is 653 g/mol. The molecule has 0 aliphatic carbocycles. The van der Waals surface area contributed by atoms with Gasteiger partial charge in [-0.15, -0.1) is 0 Å². The number of benzene rings is 3. The number of nitrogens with one attached hydrogen (secondary N) is 2. The van der Waals surface area contributed by atoms with E-state index < -0.39 is 0 Å². The van der Waals surface area contributed by atoms with Crippen LogP contribution in [0.15, 0.2) is 60.7 Å². The first kappa shape index (κ1) is 37.6. The molecule has 3 aromatic rings. The molecule has 11 heteroatoms. The maximum absolute atomic E-state index is 12.6. The summed E-state index contributed by atoms with van der Waals surface area (Å²) in [5, 5.41) is 6.77. The number of halogens is 3. The zero-order valence-electron chi connectivity index (χ0n) is 25.4. The van der Waals surface area contributed by atoms with E-state index in [9.17, 15) is 9.59 Å². The van der Waals surface area contributed by atoms with Gasteiger partial charge in [0.25, 0.3) is 5.91 Å². The summed E-state index contributed by atoms with van der Waals surface area (Å²) in [6.45, 7) is 8.28. The number of anilines is 3. The summed E-state index contributed by atoms with van der Waals surface area (Å²) in [5.74, 6) is -0.353. The van der Waals surface area contributed by atoms with Crippen LogP contribution < -0.4 is 14.9 Å². The highest BCUT2D eigenvalue weighted by atomic mass is 35.5. The Labute approximate surface area is 270 Å². The number of nitrogens with zero attached hydrogens (tertiary/aromatic N) is 3. The average Bonchev–Trinajstić information content (AvgIpc) is 2.93. The number of carbonyl (C=O) groups is 2. The third-order valence-corrected chi connectivity index (χ3v) is 7.28. The molecule has 0 heterocycles. The van der Waals surface area contributed by atoms with Crippen molar-refractivity contribution in [2.45, 2.75) is 33.6 Å². The molecular weight excluding hydrogens is 613 g/mol. The Bertz CT molecular complexity index is 1240. The van der Waals surface area contributed by atoms with E-state index in [0.29, 0.717) is 33.4 Å². The standard InChI is InChI=1S/C18H20Cl2N4O2S.C7H7Cl.C6H15N/c1-4-24(27-23(2)3)13-6-7-14(16(20)10-13)18(26)22-12-5-8-15(19)17(9-12)21-11-25;1-6-3-2-4-7(8)5-6;1-4-5-6-7(2)3/h5-11H,4H2,1-3H3,(H,21,25)(H,22,26);2-5H,1H3;4-6H2,1-3H3. The molecule has 7 nitrogen and oxygen atoms in total. The minimum absolute atomic E-state index is 0.350. The first-order valence-electron chi connectivity index (χ1n) is 13.5. The second-order valence-corrected chi connectivity index (χ2v) is 12.2. The Morgan fingerprint density at radius 2 is 1.64 bits per heavy atom. The van der Waals surface area contributed by atoms with Crippen molar-refractivity contribution < 1.29 is 9.59 Å². The van der Waals surface area contributed by atoms with Crippen molar-refractivity contribution in [1.29, 1.82) is 0 Å². The largest absolute Gasteiger partial charge is 0.327 e. The molecule has 0 saturated heterocycles. The number of carbonyl (C=O) groups excluding carboxylic acids is 2. The van der Waals surface area contributed by atoms with E-state index in [0.717, 1.165) is 17.3 Å². The summed E-state index contributed by atoms with van der Waals surface area (Å²) < 4.78 is 4.04. The molecule has 0 bridgehead atoms. The molecule has 0 aromatic heterocycles. The van der Waals surface area contributed by atoms with Crippen LogP contribution in [-0.4, -0.2) is 62.8 Å². The highest BCUT2D eigenvalue weighted by Gasteiger charge is 2.15. The Hall–Kier alpha value is -2.46. The van der Waals surface area contributed by atoms with Crippen molar-refractivity contribution in [1.82, 2.24) is 9.21 Å². The molecule has 3 aromatic carbocycles. The quantitative estimate of drug-likeness (QED) is 0.159. The third kappa shape index (κ3) is 14.6. The van der Waals surface area contributed by atoms with Gasteiger partial charge < -0.3 is 19.8 Å². The van der Waals surface area contributed by atoms with Crippen LogP contribution >= 0.6 is 46.9 Å². The summed E-state index contributed by atoms with van der Waals surface area (Å²) in [5.41, 5.74) is 3.36. The fourth-order valence-corrected chi connectivity index (χ4v) is 4.78. The van der Waals surface area contributed by atoms with E-state index in [4.69, 9.17) is 34.8 Å². The maximum atomic E-state index is 12.6. The number of rotatable bonds is 11. The molecule has 2 N–H and O–H groups in total. The normalized spacial score (nSPS) is 10.3. The van der Waals surface area contributed by atoms with Gasteiger partial charge in [-0.05, 0) is 109 Å². The first-order chi connectivity index (χ1) is 19.9. The lowest BCUT2D eigenvalue weighted by atomic mass is 10.1. The zero-order chi connectivity index (χ0) is 31.7. The summed E-state index contributed by atoms with van der Waals surface area (Å²) in [4.78, 5) is 25.4. The molecule has 230 valence electrons. The SMILES string of the molecule is CCCCN(C)C.CCN(SN(C)C)c1ccc(C(=O)Nc2ccc(Cl)c(NC=O)c2)c(Cl)c1.Cc1cccc(Cl)c1. The van der Waals surface area contributed by atoms with E-state index in [-0.39, 0.29) is 5.91 Å². The van der Waals surface area contributed by atoms with E-state index >= 15 is 0 Å². The molecular formula is C31H42Cl3N5O2S. The first-order valence-corrected chi connectivity index (χ1v) is 15.4. The minimum Gasteiger partial charge on any atom is -0.327 e. The van der Waals surface area contributed by atoms with Gasteiger partial charge in [-0.3, -0.25) is 9.59 Å². The molecule has 0 fully saturated rings. The van der Waals surface area contributed by atoms with Gasteiger partial charge >= 0.3 is 0 Å². The van der Waals surface area contributed by atoms with Crippen LogP contribution in [0, 0.1) is 6.92 Å². The van der Waals surface area contributed by atoms with Crippen molar-refractivity contribution in [2.75, 3.05) is 56.2 Å². The Balaban J connectivity index is 0.000000477. The van der Waals surface area contributed by atoms with Crippen LogP contribution in [0.25, 0.3) is 0 Å². The Morgan fingerprint density at radius 1 is 0.929 bits per heavy atom. The number of hydrogen-bond acceptors (Lipinski definition) is 6. The van der Waals surface area contributed by atoms with Gasteiger partial charge in [0, 0.05) is 35.1 Å². The van der Waals surface area contributed by atoms with Gasteiger partial charge in [-0.2, -0.15) is 0 Å². The molecule has 42 heavy (non-hydrogen) atoms. The molecule has 2 amide bonds. The molecule has 0 aliphatic heterocycles. The van der Waals surface area contributed by atoms with Gasteiger partial charge in [0.05, 0.1) is 21.3 Å². The predicted molar refractivity (Wildman–Crippen MR) is 184 cm³/mol. The van der Waals surface area contributed by atoms with Crippen molar-refractivity contribution in [3.8, 4) is 0 Å². The number of aryl methyl sites for hydroxylation is 1. The molecule has 0 radical (unpaired) electrons. The molecule has 0 atom stereocenters. The van der Waals surface area contributed by atoms with Gasteiger partial charge in [0.2, 0.25) is 6.41 Å². The van der Waals surface area contributed by atoms with Crippen LogP contribution in [0.3, 0.4) is 0 Å². The number of unbranched alkanes of at least 4 members (excludes halogenated alkanes) is 1. The molecule has 0 spiro atoms. The van der Waals surface area contributed by atoms with Gasteiger partial charge in [-0.25, -0.2) is 4.31 Å². The fraction of sp³-hybridized carbons (Fsp3) is 0.355. The number of hydrogen-bond donors (Lipinski definition) is 2. The molecule has 0 saturated carbocycles. The second kappa shape index (κ2) is 20.4. The van der Waals surface area contributed by atoms with Gasteiger partial charge in [0.1, 0.15) is 0 Å². The topological polar surface area (TPSA) is 67.9 Å². The van der Waals surface area contributed by atoms with Crippen molar-refractivity contribution in [3.05, 3.63) is 86.9 Å². The Kier molecular flexibility index (Phi) is 18.3. The maximum Gasteiger partial charge on any atom is 0.257 e. The van der Waals surface area contributed by atoms with Crippen LogP contribution in [0.2, 0.25) is 15.1 Å². The van der Waals surface area contributed by atoms with Gasteiger partial charge in [-0.1, -0.05) is 60.3 Å². The van der Waals surface area contributed by atoms with Crippen LogP contribution in [-0.2, 0) is 4.79 Å². The Morgan fingerprint density at radius 3 is 2.12 bits per heavy atom. The lowest BCUT2D eigenvalue weighted by Crippen LogP contribution is -2.20. The molecule has 3 rings (SSSR count). The second-order valence-electron chi connectivity index (χ2n) is 9.62. The summed E-state index contributed by atoms with van der Waals surface area (Å²) >= 11 is 19.5. The van der Waals surface area contributed by atoms with Crippen molar-refractivity contribution in [3.63, 3.8) is 0 Å². The van der Waals surface area contributed by atoms with Crippen LogP contribution in [0.1, 0.15) is 42.6 Å². The van der Waals surface area contributed by atoms with Crippen LogP contribution in [0.5, 0.6) is 0 Å². The van der Waals surface area contributed by atoms with Crippen LogP contribution in [0.4, 0.5) is 17.1 Å². The summed E-state index contributed by atoms with van der Waals surface area (Å²) in [7, 11) is 8.12. The van der Waals surface area contributed by atoms with E-state index in [1.165, 1.54) is 24.9 Å². The lowest BCUT2D eigenvalue weighted by Gasteiger charge is -2.24. The summed E-state index contributed by atoms with van der Waals surface area (Å²) in [6, 6.07) is 17.9. The zero-order valence-corrected chi connectivity index (χ0v) is 28.5. The molecule has 0 unspecified atom stereocenters. The van der Waals surface area contributed by atoms with E-state index in [1.54, 1.807) is 42.5 Å². The highest BCUT2D eigenvalue weighted by Crippen LogP contribution is 2.30. The fourth-order valence-electron chi connectivity index (χ4n) is 3.38. The average molecular weight is 655 g/mol. The molecule has 0 aliphatic rings. The third-order valence-electron chi connectivity index (χ3n) is 5.41. The lowest BCUT2D eigenvalue weighted by molar-refractivity contribution is -0.105.